The van der Waals surface area contributed by atoms with E-state index < -0.39 is 0 Å². The van der Waals surface area contributed by atoms with Crippen LogP contribution in [0.25, 0.3) is 0 Å². The second-order valence-electron chi connectivity index (χ2n) is 7.05. The van der Waals surface area contributed by atoms with Gasteiger partial charge in [-0.1, -0.05) is 31.5 Å². The predicted molar refractivity (Wildman–Crippen MR) is 104 cm³/mol. The van der Waals surface area contributed by atoms with Crippen LogP contribution < -0.4 is 5.32 Å². The monoisotopic (exact) mass is 382 g/mol. The number of unbranched alkanes of at least 4 members (excludes halogenated alkanes) is 1. The number of imide groups is 1. The first kappa shape index (κ1) is 19.7. The highest BCUT2D eigenvalue weighted by Gasteiger charge is 2.35. The molecule has 3 rings (SSSR count). The number of halogens is 1. The van der Waals surface area contributed by atoms with Gasteiger partial charge in [0.2, 0.25) is 0 Å². The number of benzene rings is 2. The molecule has 0 aromatic heterocycles. The van der Waals surface area contributed by atoms with Crippen molar-refractivity contribution in [1.29, 1.82) is 0 Å². The zero-order valence-corrected chi connectivity index (χ0v) is 16.0. The van der Waals surface area contributed by atoms with Crippen LogP contribution >= 0.6 is 0 Å². The van der Waals surface area contributed by atoms with Crippen LogP contribution in [0.15, 0.2) is 42.5 Å². The Morgan fingerprint density at radius 1 is 1.11 bits per heavy atom. The number of hydrogen-bond donors (Lipinski definition) is 1. The quantitative estimate of drug-likeness (QED) is 0.745. The number of amides is 3. The first-order valence-corrected chi connectivity index (χ1v) is 9.47. The van der Waals surface area contributed by atoms with Gasteiger partial charge in [-0.2, -0.15) is 0 Å². The molecule has 0 bridgehead atoms. The molecule has 0 saturated carbocycles. The lowest BCUT2D eigenvalue weighted by Gasteiger charge is -2.14. The summed E-state index contributed by atoms with van der Waals surface area (Å²) in [6.45, 7) is 4.16. The van der Waals surface area contributed by atoms with E-state index in [1.54, 1.807) is 31.2 Å². The van der Waals surface area contributed by atoms with Crippen molar-refractivity contribution < 1.29 is 18.8 Å². The minimum absolute atomic E-state index is 0.260. The van der Waals surface area contributed by atoms with Gasteiger partial charge in [0.25, 0.3) is 17.7 Å². The molecule has 2 aromatic rings. The molecule has 1 heterocycles. The van der Waals surface area contributed by atoms with E-state index in [1.165, 1.54) is 23.1 Å². The van der Waals surface area contributed by atoms with E-state index in [0.29, 0.717) is 29.7 Å². The Balaban J connectivity index is 1.71. The molecule has 6 heteroatoms. The van der Waals surface area contributed by atoms with Crippen LogP contribution in [0.4, 0.5) is 4.39 Å². The molecule has 146 valence electrons. The van der Waals surface area contributed by atoms with Gasteiger partial charge >= 0.3 is 0 Å². The molecular formula is C22H23FN2O3. The van der Waals surface area contributed by atoms with Crippen molar-refractivity contribution in [3.05, 3.63) is 70.5 Å². The Morgan fingerprint density at radius 2 is 1.82 bits per heavy atom. The molecule has 0 radical (unpaired) electrons. The largest absolute Gasteiger partial charge is 0.349 e. The molecule has 3 amide bonds. The van der Waals surface area contributed by atoms with Crippen LogP contribution in [-0.4, -0.2) is 35.2 Å². The van der Waals surface area contributed by atoms with Crippen molar-refractivity contribution in [2.24, 2.45) is 0 Å². The molecule has 0 aliphatic carbocycles. The fraction of sp³-hybridized carbons (Fsp3) is 0.318. The number of fused-ring (bicyclic) bond motifs is 1. The highest BCUT2D eigenvalue weighted by molar-refractivity contribution is 6.22. The molecule has 0 fully saturated rings. The summed E-state index contributed by atoms with van der Waals surface area (Å²) in [6.07, 6.45) is 1.97. The zero-order valence-electron chi connectivity index (χ0n) is 16.0. The standard InChI is InChI=1S/C22H23FN2O3/c1-3-4-11-25-21(27)17-10-9-16(13-18(17)22(25)28)20(26)24-14(2)12-15-7-5-6-8-19(15)23/h5-10,13-14H,3-4,11-12H2,1-2H3,(H,24,26). The number of nitrogens with one attached hydrogen (secondary N) is 1. The molecule has 1 aliphatic heterocycles. The molecule has 0 spiro atoms. The van der Waals surface area contributed by atoms with E-state index in [9.17, 15) is 18.8 Å². The maximum Gasteiger partial charge on any atom is 0.261 e. The summed E-state index contributed by atoms with van der Waals surface area (Å²) >= 11 is 0. The molecular weight excluding hydrogens is 359 g/mol. The number of rotatable bonds is 7. The van der Waals surface area contributed by atoms with Crippen molar-refractivity contribution in [2.75, 3.05) is 6.54 Å². The molecule has 1 N–H and O–H groups in total. The molecule has 1 atom stereocenters. The predicted octanol–water partition coefficient (Wildman–Crippen LogP) is 3.58. The van der Waals surface area contributed by atoms with Gasteiger partial charge in [-0.15, -0.1) is 0 Å². The fourth-order valence-electron chi connectivity index (χ4n) is 3.30. The number of carbonyl (C=O) groups is 3. The molecule has 5 nitrogen and oxygen atoms in total. The lowest BCUT2D eigenvalue weighted by Crippen LogP contribution is -2.34. The van der Waals surface area contributed by atoms with Gasteiger partial charge < -0.3 is 5.32 Å². The summed E-state index contributed by atoms with van der Waals surface area (Å²) < 4.78 is 13.8. The number of hydrogen-bond acceptors (Lipinski definition) is 3. The summed E-state index contributed by atoms with van der Waals surface area (Å²) in [5, 5.41) is 2.82. The summed E-state index contributed by atoms with van der Waals surface area (Å²) in [7, 11) is 0. The normalized spacial score (nSPS) is 14.2. The topological polar surface area (TPSA) is 66.5 Å². The Hall–Kier alpha value is -3.02. The van der Waals surface area contributed by atoms with Crippen LogP contribution in [0.3, 0.4) is 0 Å². The Morgan fingerprint density at radius 3 is 2.54 bits per heavy atom. The van der Waals surface area contributed by atoms with Gasteiger partial charge in [-0.05, 0) is 49.6 Å². The lowest BCUT2D eigenvalue weighted by molar-refractivity contribution is 0.0652. The van der Waals surface area contributed by atoms with Crippen LogP contribution in [0, 0.1) is 5.82 Å². The Kier molecular flexibility index (Phi) is 5.87. The molecule has 28 heavy (non-hydrogen) atoms. The van der Waals surface area contributed by atoms with E-state index in [0.717, 1.165) is 12.8 Å². The highest BCUT2D eigenvalue weighted by Crippen LogP contribution is 2.24. The molecule has 1 aliphatic rings. The van der Waals surface area contributed by atoms with Gasteiger partial charge in [0.15, 0.2) is 0 Å². The second-order valence-corrected chi connectivity index (χ2v) is 7.05. The maximum absolute atomic E-state index is 13.8. The minimum Gasteiger partial charge on any atom is -0.349 e. The van der Waals surface area contributed by atoms with Gasteiger partial charge in [0.1, 0.15) is 5.82 Å². The minimum atomic E-state index is -0.362. The third kappa shape index (κ3) is 3.96. The summed E-state index contributed by atoms with van der Waals surface area (Å²) in [5.41, 5.74) is 1.42. The SMILES string of the molecule is CCCCN1C(=O)c2ccc(C(=O)NC(C)Cc3ccccc3F)cc2C1=O. The Bertz CT molecular complexity index is 926. The average Bonchev–Trinajstić information content (AvgIpc) is 2.92. The van der Waals surface area contributed by atoms with E-state index in [1.807, 2.05) is 6.92 Å². The van der Waals surface area contributed by atoms with Crippen molar-refractivity contribution in [3.63, 3.8) is 0 Å². The van der Waals surface area contributed by atoms with Crippen molar-refractivity contribution in [2.45, 2.75) is 39.2 Å². The third-order valence-electron chi connectivity index (χ3n) is 4.83. The van der Waals surface area contributed by atoms with Crippen LogP contribution in [-0.2, 0) is 6.42 Å². The van der Waals surface area contributed by atoms with Crippen LogP contribution in [0.1, 0.15) is 63.3 Å². The molecule has 0 saturated heterocycles. The van der Waals surface area contributed by atoms with E-state index in [4.69, 9.17) is 0 Å². The summed E-state index contributed by atoms with van der Waals surface area (Å²) in [5.74, 6) is -1.34. The third-order valence-corrected chi connectivity index (χ3v) is 4.83. The number of carbonyl (C=O) groups excluding carboxylic acids is 3. The Labute approximate surface area is 163 Å². The molecule has 2 aromatic carbocycles. The number of nitrogens with zero attached hydrogens (tertiary/aromatic N) is 1. The van der Waals surface area contributed by atoms with Crippen LogP contribution in [0.5, 0.6) is 0 Å². The molecule has 1 unspecified atom stereocenters. The first-order valence-electron chi connectivity index (χ1n) is 9.47. The van der Waals surface area contributed by atoms with Gasteiger partial charge in [0, 0.05) is 18.2 Å². The van der Waals surface area contributed by atoms with Gasteiger partial charge in [-0.25, -0.2) is 4.39 Å². The van der Waals surface area contributed by atoms with E-state index >= 15 is 0 Å². The maximum atomic E-state index is 13.8. The van der Waals surface area contributed by atoms with Gasteiger partial charge in [0.05, 0.1) is 11.1 Å². The van der Waals surface area contributed by atoms with Crippen molar-refractivity contribution in [3.8, 4) is 0 Å². The summed E-state index contributed by atoms with van der Waals surface area (Å²) in [6, 6.07) is 10.7. The zero-order chi connectivity index (χ0) is 20.3. The van der Waals surface area contributed by atoms with E-state index in [2.05, 4.69) is 5.32 Å². The second kappa shape index (κ2) is 8.33. The van der Waals surface area contributed by atoms with Crippen molar-refractivity contribution in [1.82, 2.24) is 10.2 Å². The first-order chi connectivity index (χ1) is 13.4. The average molecular weight is 382 g/mol. The lowest BCUT2D eigenvalue weighted by atomic mass is 10.0. The fourth-order valence-corrected chi connectivity index (χ4v) is 3.30. The van der Waals surface area contributed by atoms with Crippen LogP contribution in [0.2, 0.25) is 0 Å². The van der Waals surface area contributed by atoms with Crippen molar-refractivity contribution >= 4 is 17.7 Å². The summed E-state index contributed by atoms with van der Waals surface area (Å²) in [4.78, 5) is 38.7. The smallest absolute Gasteiger partial charge is 0.261 e. The highest BCUT2D eigenvalue weighted by atomic mass is 19.1. The van der Waals surface area contributed by atoms with Gasteiger partial charge in [-0.3, -0.25) is 19.3 Å². The van der Waals surface area contributed by atoms with E-state index in [-0.39, 0.29) is 35.1 Å².